The first kappa shape index (κ1) is 62.3. The lowest BCUT2D eigenvalue weighted by Gasteiger charge is -2.29. The zero-order valence-corrected chi connectivity index (χ0v) is 45.4. The van der Waals surface area contributed by atoms with E-state index in [1.807, 2.05) is 72.8 Å². The Labute approximate surface area is 423 Å². The van der Waals surface area contributed by atoms with Crippen molar-refractivity contribution in [1.82, 2.24) is 10.3 Å². The summed E-state index contributed by atoms with van der Waals surface area (Å²) in [5.41, 5.74) is 3.34. The van der Waals surface area contributed by atoms with Gasteiger partial charge < -0.3 is 47.8 Å². The number of esters is 3. The van der Waals surface area contributed by atoms with Crippen LogP contribution in [-0.2, 0) is 56.2 Å². The Morgan fingerprint density at radius 3 is 2.08 bits per heavy atom. The summed E-state index contributed by atoms with van der Waals surface area (Å²) in [5.74, 6) is -3.96. The molecule has 1 aromatic rings. The molecule has 0 spiro atoms. The largest absolute Gasteiger partial charge is 0.457 e. The van der Waals surface area contributed by atoms with E-state index < -0.39 is 99.8 Å². The van der Waals surface area contributed by atoms with E-state index in [1.54, 1.807) is 49.6 Å². The zero-order valence-electron chi connectivity index (χ0n) is 42.8. The van der Waals surface area contributed by atoms with Crippen molar-refractivity contribution >= 4 is 50.5 Å². The van der Waals surface area contributed by atoms with Gasteiger partial charge in [0.15, 0.2) is 12.2 Å². The van der Waals surface area contributed by atoms with Crippen molar-refractivity contribution in [3.63, 3.8) is 0 Å². The lowest BCUT2D eigenvalue weighted by atomic mass is 9.91. The first-order valence-corrected chi connectivity index (χ1v) is 27.6. The van der Waals surface area contributed by atoms with Crippen LogP contribution in [0.4, 0.5) is 4.79 Å². The van der Waals surface area contributed by atoms with E-state index in [0.717, 1.165) is 16.7 Å². The molecule has 3 N–H and O–H groups in total. The summed E-state index contributed by atoms with van der Waals surface area (Å²) in [6, 6.07) is 0. The average Bonchev–Trinajstić information content (AvgIpc) is 3.77. The minimum atomic E-state index is -4.37. The second-order valence-corrected chi connectivity index (χ2v) is 22.3. The van der Waals surface area contributed by atoms with Crippen LogP contribution in [0, 0.1) is 23.7 Å². The molecule has 1 amide bonds. The fraction of sp³-hybridized carbons (Fsp3) is 0.510. The van der Waals surface area contributed by atoms with E-state index in [-0.39, 0.29) is 25.6 Å². The number of hydrogen-bond acceptors (Lipinski definition) is 15. The molecule has 2 heterocycles. The summed E-state index contributed by atoms with van der Waals surface area (Å²) in [6.07, 6.45) is 14.0. The minimum Gasteiger partial charge on any atom is -0.457 e. The van der Waals surface area contributed by atoms with E-state index in [4.69, 9.17) is 37.7 Å². The number of carbonyl (C=O) groups excluding carboxylic acids is 4. The SMILES string of the molecule is C=CCOP(=O)(O)CC(=O)O[C@@H]1/C=C/C(C)=C\C(C)=C/[C@H](C)[C@H](OC(=O)CP(=O)(O)OCC=C)/C=C(\C)C/C=C/C(=O)O[C@H](c2csc([C@H](CC(C)C)OC(=O)NC)n2)[C@@H](C)/C=C/C=C(\C)[C@@H](OC)[C@H]1C. The maximum atomic E-state index is 13.6. The van der Waals surface area contributed by atoms with Gasteiger partial charge in [-0.1, -0.05) is 106 Å². The number of aromatic nitrogens is 1. The normalized spacial score (nSPS) is 28.5. The number of hydrogen-bond donors (Lipinski definition) is 3. The van der Waals surface area contributed by atoms with Crippen molar-refractivity contribution in [2.75, 3.05) is 39.7 Å². The molecular weight excluding hydrogens is 975 g/mol. The number of allylic oxidation sites excluding steroid dienone is 8. The maximum absolute atomic E-state index is 13.6. The van der Waals surface area contributed by atoms with Gasteiger partial charge in [-0.05, 0) is 64.2 Å². The van der Waals surface area contributed by atoms with E-state index in [0.29, 0.717) is 22.7 Å². The number of cyclic esters (lactones) is 1. The van der Waals surface area contributed by atoms with Crippen molar-refractivity contribution < 1.29 is 70.8 Å². The molecule has 1 aliphatic heterocycles. The third-order valence-electron chi connectivity index (χ3n) is 10.6. The van der Waals surface area contributed by atoms with Crippen molar-refractivity contribution in [1.29, 1.82) is 0 Å². The predicted octanol–water partition coefficient (Wildman–Crippen LogP) is 10.6. The Bertz CT molecular complexity index is 2290. The highest BCUT2D eigenvalue weighted by Gasteiger charge is 2.33. The number of nitrogens with zero attached hydrogens (tertiary/aromatic N) is 1. The molecular formula is C51H74N2O15P2S. The Kier molecular flexibility index (Phi) is 27.2. The van der Waals surface area contributed by atoms with Gasteiger partial charge in [0, 0.05) is 43.4 Å². The number of ether oxygens (including phenoxy) is 5. The average molecular weight is 1050 g/mol. The van der Waals surface area contributed by atoms with Crippen LogP contribution in [0.1, 0.15) is 98.1 Å². The summed E-state index contributed by atoms with van der Waals surface area (Å²) in [7, 11) is -5.73. The molecule has 17 nitrogen and oxygen atoms in total. The first-order valence-electron chi connectivity index (χ1n) is 23.2. The minimum absolute atomic E-state index is 0.161. The summed E-state index contributed by atoms with van der Waals surface area (Å²) in [6.45, 7) is 23.2. The first-order chi connectivity index (χ1) is 33.3. The highest BCUT2D eigenvalue weighted by atomic mass is 32.1. The quantitative estimate of drug-likeness (QED) is 0.0537. The van der Waals surface area contributed by atoms with Gasteiger partial charge in [0.2, 0.25) is 0 Å². The van der Waals surface area contributed by atoms with Crippen molar-refractivity contribution in [3.05, 3.63) is 124 Å². The monoisotopic (exact) mass is 1050 g/mol. The van der Waals surface area contributed by atoms with Crippen LogP contribution in [0.25, 0.3) is 0 Å². The topological polar surface area (TPSA) is 232 Å². The molecule has 1 aromatic heterocycles. The number of methoxy groups -OCH3 is 1. The fourth-order valence-corrected chi connectivity index (χ4v) is 9.76. The molecule has 71 heavy (non-hydrogen) atoms. The standard InChI is InChI=1S/C51H74N2O15P2S/c1-14-24-63-69(58,59)30-46(55)65-42-23-22-35(6)27-36(7)28-39(10)43(66-47(56)31-70(60,61)64-25-15-2)29-34(5)18-16-21-45(54)68-49(38(9)20-17-19-37(8)48(62-13)40(42)11)41-32-71-50(53-41)44(26-33(3)4)67-51(57)52-12/h14-17,19-23,27-29,32-33,38-40,42-44,48-49H,1-2,18,24-26,30-31H2,3-13H3,(H,52,57)(H,58,59)(H,60,61)/b20-17+,21-16+,23-22+,34-29+,35-27-,36-28-,37-19+/t38-,39-,40-,42+,43+,44-,48+,49-/m0/s1. The molecule has 394 valence electrons. The van der Waals surface area contributed by atoms with E-state index >= 15 is 0 Å². The lowest BCUT2D eigenvalue weighted by Crippen LogP contribution is -2.34. The summed E-state index contributed by atoms with van der Waals surface area (Å²) >= 11 is 1.28. The van der Waals surface area contributed by atoms with Gasteiger partial charge in [0.1, 0.15) is 29.5 Å². The highest BCUT2D eigenvalue weighted by Crippen LogP contribution is 2.43. The van der Waals surface area contributed by atoms with Gasteiger partial charge in [-0.15, -0.1) is 24.5 Å². The number of amides is 1. The number of carbonyl (C=O) groups is 4. The van der Waals surface area contributed by atoms with Crippen LogP contribution in [-0.4, -0.2) is 96.8 Å². The molecule has 0 saturated carbocycles. The maximum Gasteiger partial charge on any atom is 0.407 e. The summed E-state index contributed by atoms with van der Waals surface area (Å²) < 4.78 is 64.5. The molecule has 0 bridgehead atoms. The van der Waals surface area contributed by atoms with Crippen LogP contribution in [0.3, 0.4) is 0 Å². The van der Waals surface area contributed by atoms with E-state index in [2.05, 4.69) is 18.5 Å². The van der Waals surface area contributed by atoms with Crippen LogP contribution < -0.4 is 5.32 Å². The van der Waals surface area contributed by atoms with Gasteiger partial charge in [-0.3, -0.25) is 18.7 Å². The summed E-state index contributed by atoms with van der Waals surface area (Å²) in [4.78, 5) is 77.7. The Hall–Kier alpha value is -4.77. The zero-order chi connectivity index (χ0) is 53.5. The molecule has 0 aliphatic carbocycles. The molecule has 0 radical (unpaired) electrons. The Morgan fingerprint density at radius 2 is 1.52 bits per heavy atom. The van der Waals surface area contributed by atoms with Crippen LogP contribution in [0.5, 0.6) is 0 Å². The van der Waals surface area contributed by atoms with Crippen LogP contribution in [0.2, 0.25) is 0 Å². The third-order valence-corrected chi connectivity index (χ3v) is 14.0. The molecule has 20 heteroatoms. The molecule has 1 aliphatic rings. The third kappa shape index (κ3) is 23.6. The van der Waals surface area contributed by atoms with Gasteiger partial charge in [-0.25, -0.2) is 14.6 Å². The number of thiazole rings is 1. The van der Waals surface area contributed by atoms with Gasteiger partial charge in [0.25, 0.3) is 0 Å². The molecule has 0 fully saturated rings. The van der Waals surface area contributed by atoms with Gasteiger partial charge in [0.05, 0.1) is 25.0 Å². The van der Waals surface area contributed by atoms with Crippen molar-refractivity contribution in [3.8, 4) is 0 Å². The predicted molar refractivity (Wildman–Crippen MR) is 275 cm³/mol. The lowest BCUT2D eigenvalue weighted by molar-refractivity contribution is -0.148. The molecule has 0 saturated heterocycles. The van der Waals surface area contributed by atoms with Crippen molar-refractivity contribution in [2.45, 2.75) is 106 Å². The Balaban J connectivity index is 2.81. The van der Waals surface area contributed by atoms with Gasteiger partial charge in [-0.2, -0.15) is 0 Å². The van der Waals surface area contributed by atoms with Gasteiger partial charge >= 0.3 is 39.2 Å². The second kappa shape index (κ2) is 31.0. The Morgan fingerprint density at radius 1 is 0.915 bits per heavy atom. The van der Waals surface area contributed by atoms with Crippen molar-refractivity contribution in [2.24, 2.45) is 23.7 Å². The highest BCUT2D eigenvalue weighted by molar-refractivity contribution is 7.54. The fourth-order valence-electron chi connectivity index (χ4n) is 7.21. The second-order valence-electron chi connectivity index (χ2n) is 17.7. The smallest absolute Gasteiger partial charge is 0.407 e. The number of rotatable bonds is 18. The molecule has 10 atom stereocenters. The summed E-state index contributed by atoms with van der Waals surface area (Å²) in [5, 5.41) is 4.77. The van der Waals surface area contributed by atoms with Crippen LogP contribution in [0.15, 0.2) is 114 Å². The van der Waals surface area contributed by atoms with E-state index in [9.17, 15) is 38.1 Å². The number of nitrogens with one attached hydrogen (secondary N) is 1. The van der Waals surface area contributed by atoms with E-state index in [1.165, 1.54) is 43.7 Å². The molecule has 0 aromatic carbocycles. The van der Waals surface area contributed by atoms with Crippen LogP contribution >= 0.6 is 26.5 Å². The molecule has 2 unspecified atom stereocenters. The molecule has 2 rings (SSSR count). The number of alkyl carbamates (subject to hydrolysis) is 1.